The van der Waals surface area contributed by atoms with Gasteiger partial charge in [-0.15, -0.1) is 0 Å². The van der Waals surface area contributed by atoms with E-state index in [1.165, 1.54) is 24.4 Å². The zero-order valence-corrected chi connectivity index (χ0v) is 15.0. The summed E-state index contributed by atoms with van der Waals surface area (Å²) in [5.41, 5.74) is -0.687. The van der Waals surface area contributed by atoms with Crippen molar-refractivity contribution >= 4 is 11.7 Å². The maximum atomic E-state index is 13.1. The van der Waals surface area contributed by atoms with Gasteiger partial charge >= 0.3 is 6.18 Å². The number of hydrogen-bond acceptors (Lipinski definition) is 5. The molecule has 0 atom stereocenters. The molecule has 3 rings (SSSR count). The van der Waals surface area contributed by atoms with E-state index in [9.17, 15) is 22.8 Å². The van der Waals surface area contributed by atoms with Gasteiger partial charge in [-0.05, 0) is 25.0 Å². The fourth-order valence-electron chi connectivity index (χ4n) is 2.77. The first-order chi connectivity index (χ1) is 13.3. The van der Waals surface area contributed by atoms with E-state index in [2.05, 4.69) is 15.3 Å². The first-order valence-corrected chi connectivity index (χ1v) is 8.65. The Balaban J connectivity index is 1.70. The van der Waals surface area contributed by atoms with E-state index in [0.717, 1.165) is 26.0 Å². The Morgan fingerprint density at radius 1 is 1.25 bits per heavy atom. The molecule has 0 bridgehead atoms. The monoisotopic (exact) mass is 393 g/mol. The molecule has 2 aromatic rings. The number of para-hydroxylation sites is 1. The molecule has 1 heterocycles. The third-order valence-corrected chi connectivity index (χ3v) is 4.35. The van der Waals surface area contributed by atoms with E-state index >= 15 is 0 Å². The van der Waals surface area contributed by atoms with Crippen LogP contribution in [0.3, 0.4) is 0 Å². The predicted octanol–water partition coefficient (Wildman–Crippen LogP) is 2.96. The summed E-state index contributed by atoms with van der Waals surface area (Å²) in [5.74, 6) is -0.558. The predicted molar refractivity (Wildman–Crippen MR) is 92.6 cm³/mol. The van der Waals surface area contributed by atoms with Crippen LogP contribution in [-0.4, -0.2) is 28.8 Å². The average molecular weight is 393 g/mol. The van der Waals surface area contributed by atoms with Crippen LogP contribution in [0.2, 0.25) is 0 Å². The topological polar surface area (TPSA) is 81.2 Å². The summed E-state index contributed by atoms with van der Waals surface area (Å²) < 4.78 is 44.1. The zero-order chi connectivity index (χ0) is 20.3. The number of methoxy groups -OCH3 is 1. The second kappa shape index (κ2) is 7.95. The highest BCUT2D eigenvalue weighted by Crippen LogP contribution is 2.38. The number of ether oxygens (including phenoxy) is 1. The summed E-state index contributed by atoms with van der Waals surface area (Å²) in [6.07, 6.45) is -1.38. The van der Waals surface area contributed by atoms with Crippen molar-refractivity contribution in [1.29, 1.82) is 0 Å². The molecule has 1 aromatic carbocycles. The van der Waals surface area contributed by atoms with Crippen LogP contribution in [0, 0.1) is 5.92 Å². The number of carbonyl (C=O) groups is 2. The lowest BCUT2D eigenvalue weighted by Gasteiger charge is -2.16. The number of carbonyl (C=O) groups excluding carboxylic acids is 2. The minimum atomic E-state index is -4.57. The highest BCUT2D eigenvalue weighted by atomic mass is 19.4. The molecule has 6 nitrogen and oxygen atoms in total. The van der Waals surface area contributed by atoms with Crippen LogP contribution < -0.4 is 10.1 Å². The lowest BCUT2D eigenvalue weighted by Crippen LogP contribution is -2.25. The Labute approximate surface area is 159 Å². The normalized spacial score (nSPS) is 13.9. The van der Waals surface area contributed by atoms with Gasteiger partial charge in [0.05, 0.1) is 19.1 Å². The molecule has 1 saturated carbocycles. The van der Waals surface area contributed by atoms with Crippen molar-refractivity contribution in [3.63, 3.8) is 0 Å². The van der Waals surface area contributed by atoms with Crippen molar-refractivity contribution in [1.82, 2.24) is 15.3 Å². The van der Waals surface area contributed by atoms with Crippen LogP contribution >= 0.6 is 0 Å². The van der Waals surface area contributed by atoms with Crippen molar-refractivity contribution < 1.29 is 27.5 Å². The number of nitrogens with zero attached hydrogens (tertiary/aromatic N) is 2. The third kappa shape index (κ3) is 4.65. The summed E-state index contributed by atoms with van der Waals surface area (Å²) in [4.78, 5) is 32.3. The Morgan fingerprint density at radius 2 is 2.00 bits per heavy atom. The molecule has 9 heteroatoms. The molecule has 1 aromatic heterocycles. The Morgan fingerprint density at radius 3 is 2.64 bits per heavy atom. The third-order valence-electron chi connectivity index (χ3n) is 4.35. The molecule has 1 fully saturated rings. The maximum absolute atomic E-state index is 13.1. The molecular weight excluding hydrogens is 375 g/mol. The van der Waals surface area contributed by atoms with Gasteiger partial charge in [0.1, 0.15) is 23.1 Å². The van der Waals surface area contributed by atoms with E-state index < -0.39 is 17.6 Å². The van der Waals surface area contributed by atoms with E-state index in [-0.39, 0.29) is 47.5 Å². The van der Waals surface area contributed by atoms with Crippen molar-refractivity contribution in [3.8, 4) is 5.75 Å². The Kier molecular flexibility index (Phi) is 5.62. The number of amides is 1. The second-order valence-corrected chi connectivity index (χ2v) is 6.45. The molecule has 0 radical (unpaired) electrons. The van der Waals surface area contributed by atoms with Crippen LogP contribution in [0.15, 0.2) is 30.5 Å². The molecule has 0 unspecified atom stereocenters. The van der Waals surface area contributed by atoms with E-state index in [1.54, 1.807) is 0 Å². The molecule has 1 aliphatic carbocycles. The summed E-state index contributed by atoms with van der Waals surface area (Å²) in [5, 5.41) is 2.52. The summed E-state index contributed by atoms with van der Waals surface area (Å²) in [6, 6.07) is 4.98. The highest BCUT2D eigenvalue weighted by Gasteiger charge is 2.35. The van der Waals surface area contributed by atoms with Crippen molar-refractivity contribution in [2.45, 2.75) is 32.0 Å². The molecular formula is C19H18F3N3O3. The Bertz CT molecular complexity index is 895. The fraction of sp³-hybridized carbons (Fsp3) is 0.368. The number of hydrogen-bond donors (Lipinski definition) is 1. The van der Waals surface area contributed by atoms with Gasteiger partial charge in [-0.25, -0.2) is 9.97 Å². The van der Waals surface area contributed by atoms with E-state index in [1.807, 2.05) is 0 Å². The van der Waals surface area contributed by atoms with Crippen LogP contribution in [0.1, 0.15) is 40.3 Å². The number of aromatic nitrogens is 2. The lowest BCUT2D eigenvalue weighted by atomic mass is 10.1. The van der Waals surface area contributed by atoms with Crippen LogP contribution in [-0.2, 0) is 23.9 Å². The van der Waals surface area contributed by atoms with Gasteiger partial charge in [0.25, 0.3) is 5.91 Å². The van der Waals surface area contributed by atoms with E-state index in [0.29, 0.717) is 0 Å². The van der Waals surface area contributed by atoms with Gasteiger partial charge in [-0.2, -0.15) is 13.2 Å². The molecule has 0 aliphatic heterocycles. The molecule has 1 amide bonds. The molecule has 1 N–H and O–H groups in total. The van der Waals surface area contributed by atoms with Crippen molar-refractivity contribution in [2.24, 2.45) is 5.92 Å². The first kappa shape index (κ1) is 19.8. The number of nitrogens with one attached hydrogen (secondary N) is 1. The molecule has 28 heavy (non-hydrogen) atoms. The fourth-order valence-corrected chi connectivity index (χ4v) is 2.77. The highest BCUT2D eigenvalue weighted by molar-refractivity contribution is 5.92. The maximum Gasteiger partial charge on any atom is 0.419 e. The largest absolute Gasteiger partial charge is 0.496 e. The number of alkyl halides is 3. The van der Waals surface area contributed by atoms with Crippen LogP contribution in [0.4, 0.5) is 13.2 Å². The molecule has 0 saturated heterocycles. The molecule has 148 valence electrons. The second-order valence-electron chi connectivity index (χ2n) is 6.45. The minimum Gasteiger partial charge on any atom is -0.496 e. The number of ketones is 1. The average Bonchev–Trinajstić information content (AvgIpc) is 3.50. The van der Waals surface area contributed by atoms with Gasteiger partial charge in [-0.1, -0.05) is 12.1 Å². The molecule has 1 aliphatic rings. The number of Topliss-reactive ketones (excluding diaryl/α,β-unsaturated/α-hetero) is 1. The molecule has 0 spiro atoms. The van der Waals surface area contributed by atoms with Crippen molar-refractivity contribution in [2.75, 3.05) is 7.11 Å². The van der Waals surface area contributed by atoms with Gasteiger partial charge in [0.15, 0.2) is 0 Å². The van der Waals surface area contributed by atoms with Crippen molar-refractivity contribution in [3.05, 3.63) is 53.1 Å². The number of halogens is 3. The summed E-state index contributed by atoms with van der Waals surface area (Å²) in [7, 11) is 1.14. The zero-order valence-electron chi connectivity index (χ0n) is 15.0. The van der Waals surface area contributed by atoms with Crippen LogP contribution in [0.5, 0.6) is 5.75 Å². The summed E-state index contributed by atoms with van der Waals surface area (Å²) in [6.45, 7) is -0.174. The number of benzene rings is 1. The van der Waals surface area contributed by atoms with Gasteiger partial charge in [0.2, 0.25) is 0 Å². The van der Waals surface area contributed by atoms with Gasteiger partial charge in [-0.3, -0.25) is 9.59 Å². The van der Waals surface area contributed by atoms with Gasteiger partial charge < -0.3 is 10.1 Å². The quantitative estimate of drug-likeness (QED) is 0.782. The first-order valence-electron chi connectivity index (χ1n) is 8.65. The SMILES string of the molecule is COc1c(CNC(=O)c2ccnc(CC(=O)C3CC3)n2)cccc1C(F)(F)F. The standard InChI is InChI=1S/C19H18F3N3O3/c1-28-17-12(3-2-4-13(17)19(20,21)22)10-24-18(27)14-7-8-23-16(25-14)9-15(26)11-5-6-11/h2-4,7-8,11H,5-6,9-10H2,1H3,(H,24,27). The van der Waals surface area contributed by atoms with Gasteiger partial charge in [0, 0.05) is 24.2 Å². The lowest BCUT2D eigenvalue weighted by molar-refractivity contribution is -0.138. The number of rotatable bonds is 7. The van der Waals surface area contributed by atoms with E-state index in [4.69, 9.17) is 4.74 Å². The smallest absolute Gasteiger partial charge is 0.419 e. The van der Waals surface area contributed by atoms with Crippen LogP contribution in [0.25, 0.3) is 0 Å². The summed E-state index contributed by atoms with van der Waals surface area (Å²) >= 11 is 0. The minimum absolute atomic E-state index is 0.0412. The Hall–Kier alpha value is -2.97.